The summed E-state index contributed by atoms with van der Waals surface area (Å²) in [7, 11) is -9.91. The van der Waals surface area contributed by atoms with Crippen LogP contribution in [0.3, 0.4) is 0 Å². The van der Waals surface area contributed by atoms with Crippen LogP contribution in [-0.2, 0) is 65.4 Å². The minimum atomic E-state index is -4.96. The summed E-state index contributed by atoms with van der Waals surface area (Å²) in [5.74, 6) is 0.903. The van der Waals surface area contributed by atoms with E-state index in [0.29, 0.717) is 31.6 Å². The number of esters is 4. The predicted octanol–water partition coefficient (Wildman–Crippen LogP) is 21.7. The predicted molar refractivity (Wildman–Crippen MR) is 381 cm³/mol. The van der Waals surface area contributed by atoms with E-state index in [1.807, 2.05) is 0 Å². The van der Waals surface area contributed by atoms with Crippen molar-refractivity contribution in [2.75, 3.05) is 39.6 Å². The van der Waals surface area contributed by atoms with Crippen molar-refractivity contribution in [3.63, 3.8) is 0 Å². The van der Waals surface area contributed by atoms with Crippen LogP contribution in [0.5, 0.6) is 0 Å². The molecule has 0 heterocycles. The molecule has 5 atom stereocenters. The normalized spacial score (nSPS) is 14.2. The molecule has 0 aromatic carbocycles. The Balaban J connectivity index is 5.26. The van der Waals surface area contributed by atoms with Crippen molar-refractivity contribution >= 4 is 39.5 Å². The highest BCUT2D eigenvalue weighted by Crippen LogP contribution is 2.45. The summed E-state index contributed by atoms with van der Waals surface area (Å²) in [6.07, 6.45) is 48.6. The second-order valence-corrected chi connectivity index (χ2v) is 31.9. The molecule has 0 amide bonds. The Morgan fingerprint density at radius 2 is 0.447 bits per heavy atom. The zero-order valence-corrected chi connectivity index (χ0v) is 63.4. The van der Waals surface area contributed by atoms with Crippen molar-refractivity contribution in [2.45, 2.75) is 395 Å². The molecule has 94 heavy (non-hydrogen) atoms. The lowest BCUT2D eigenvalue weighted by Gasteiger charge is -2.21. The molecule has 0 saturated carbocycles. The number of carbonyl (C=O) groups is 4. The van der Waals surface area contributed by atoms with Gasteiger partial charge in [-0.05, 0) is 49.4 Å². The average molecular weight is 1380 g/mol. The van der Waals surface area contributed by atoms with E-state index < -0.39 is 97.5 Å². The monoisotopic (exact) mass is 1380 g/mol. The van der Waals surface area contributed by atoms with Gasteiger partial charge in [0.15, 0.2) is 12.2 Å². The van der Waals surface area contributed by atoms with E-state index in [0.717, 1.165) is 114 Å². The van der Waals surface area contributed by atoms with E-state index >= 15 is 0 Å². The molecule has 0 aliphatic rings. The highest BCUT2D eigenvalue weighted by molar-refractivity contribution is 7.47. The molecule has 0 aromatic heterocycles. The second kappa shape index (κ2) is 64.4. The molecule has 0 aliphatic heterocycles. The van der Waals surface area contributed by atoms with Gasteiger partial charge in [-0.15, -0.1) is 0 Å². The molecule has 0 aromatic rings. The largest absolute Gasteiger partial charge is 0.472 e. The second-order valence-electron chi connectivity index (χ2n) is 28.9. The van der Waals surface area contributed by atoms with Crippen molar-refractivity contribution < 1.29 is 80.2 Å². The highest BCUT2D eigenvalue weighted by atomic mass is 31.2. The fraction of sp³-hybridized carbons (Fsp3) is 0.947. The molecule has 0 bridgehead atoms. The van der Waals surface area contributed by atoms with Crippen molar-refractivity contribution in [2.24, 2.45) is 23.7 Å². The number of hydrogen-bond acceptors (Lipinski definition) is 15. The Labute approximate surface area is 575 Å². The molecule has 3 N–H and O–H groups in total. The minimum absolute atomic E-state index is 0.105. The Hall–Kier alpha value is -1.94. The van der Waals surface area contributed by atoms with Gasteiger partial charge in [0, 0.05) is 25.7 Å². The molecule has 558 valence electrons. The number of carbonyl (C=O) groups excluding carboxylic acids is 4. The third-order valence-corrected chi connectivity index (χ3v) is 19.2. The van der Waals surface area contributed by atoms with Crippen molar-refractivity contribution in [3.8, 4) is 0 Å². The van der Waals surface area contributed by atoms with Crippen LogP contribution in [0.1, 0.15) is 376 Å². The lowest BCUT2D eigenvalue weighted by atomic mass is 10.0. The maximum absolute atomic E-state index is 13.1. The smallest absolute Gasteiger partial charge is 0.462 e. The van der Waals surface area contributed by atoms with Crippen molar-refractivity contribution in [1.29, 1.82) is 0 Å². The first-order chi connectivity index (χ1) is 45.1. The number of aliphatic hydroxyl groups is 1. The molecule has 19 heteroatoms. The molecule has 0 aliphatic carbocycles. The van der Waals surface area contributed by atoms with Crippen LogP contribution in [0.2, 0.25) is 0 Å². The summed E-state index contributed by atoms with van der Waals surface area (Å²) in [5.41, 5.74) is 0. The zero-order chi connectivity index (χ0) is 69.6. The van der Waals surface area contributed by atoms with Crippen LogP contribution in [0.4, 0.5) is 0 Å². The van der Waals surface area contributed by atoms with Crippen molar-refractivity contribution in [1.82, 2.24) is 0 Å². The number of rotatable bonds is 72. The average Bonchev–Trinajstić information content (AvgIpc) is 1.62. The van der Waals surface area contributed by atoms with E-state index in [1.54, 1.807) is 0 Å². The number of unbranched alkanes of at least 4 members (excludes halogenated alkanes) is 38. The Bertz CT molecular complexity index is 1850. The fourth-order valence-electron chi connectivity index (χ4n) is 11.4. The lowest BCUT2D eigenvalue weighted by molar-refractivity contribution is -0.161. The number of ether oxygens (including phenoxy) is 4. The van der Waals surface area contributed by atoms with Crippen LogP contribution in [0, 0.1) is 23.7 Å². The Morgan fingerprint density at radius 1 is 0.266 bits per heavy atom. The Morgan fingerprint density at radius 3 is 0.660 bits per heavy atom. The van der Waals surface area contributed by atoms with Gasteiger partial charge in [-0.1, -0.05) is 325 Å². The maximum atomic E-state index is 13.1. The van der Waals surface area contributed by atoms with Gasteiger partial charge in [0.1, 0.15) is 19.3 Å². The van der Waals surface area contributed by atoms with Gasteiger partial charge in [-0.3, -0.25) is 37.3 Å². The number of hydrogen-bond donors (Lipinski definition) is 3. The first-order valence-corrected chi connectivity index (χ1v) is 41.7. The third-order valence-electron chi connectivity index (χ3n) is 17.3. The van der Waals surface area contributed by atoms with Gasteiger partial charge < -0.3 is 33.8 Å². The number of aliphatic hydroxyl groups excluding tert-OH is 1. The lowest BCUT2D eigenvalue weighted by Crippen LogP contribution is -2.30. The first-order valence-electron chi connectivity index (χ1n) is 38.7. The van der Waals surface area contributed by atoms with Gasteiger partial charge >= 0.3 is 39.5 Å². The molecule has 0 saturated heterocycles. The van der Waals surface area contributed by atoms with Gasteiger partial charge in [0.05, 0.1) is 26.4 Å². The van der Waals surface area contributed by atoms with Crippen LogP contribution in [0.25, 0.3) is 0 Å². The summed E-state index contributed by atoms with van der Waals surface area (Å²) in [5, 5.41) is 10.6. The quantitative estimate of drug-likeness (QED) is 0.0222. The maximum Gasteiger partial charge on any atom is 0.472 e. The molecule has 17 nitrogen and oxygen atoms in total. The fourth-order valence-corrected chi connectivity index (χ4v) is 13.0. The molecular formula is C75H146O17P2. The van der Waals surface area contributed by atoms with Crippen molar-refractivity contribution in [3.05, 3.63) is 0 Å². The molecule has 0 fully saturated rings. The van der Waals surface area contributed by atoms with E-state index in [-0.39, 0.29) is 25.7 Å². The third kappa shape index (κ3) is 68.6. The highest BCUT2D eigenvalue weighted by Gasteiger charge is 2.30. The van der Waals surface area contributed by atoms with Crippen LogP contribution in [-0.4, -0.2) is 96.7 Å². The summed E-state index contributed by atoms with van der Waals surface area (Å²) >= 11 is 0. The standard InChI is InChI=1S/C75H146O17P2/c1-65(2)51-43-35-27-20-14-10-9-11-16-23-31-39-47-55-72(77)85-61-70(91-74(79)57-49-41-32-24-17-13-12-15-21-28-36-44-52-66(3)4)63-89-93(81,82)87-59-69(76)60-88-94(83,84)90-64-71(62-86-73(78)56-48-40-34-26-30-38-46-54-68(7)8)92-75(80)58-50-42-33-25-19-18-22-29-37-45-53-67(5)6/h65-71,76H,9-64H2,1-8H3,(H,81,82)(H,83,84)/t69?,70-,71-/m1/s1. The van der Waals surface area contributed by atoms with Gasteiger partial charge in [0.2, 0.25) is 0 Å². The molecule has 0 rings (SSSR count). The summed E-state index contributed by atoms with van der Waals surface area (Å²) in [6, 6.07) is 0. The number of phosphoric ester groups is 2. The van der Waals surface area contributed by atoms with Gasteiger partial charge in [-0.25, -0.2) is 9.13 Å². The molecular weight excluding hydrogens is 1230 g/mol. The number of phosphoric acid groups is 2. The summed E-state index contributed by atoms with van der Waals surface area (Å²) in [4.78, 5) is 72.8. The van der Waals surface area contributed by atoms with Crippen LogP contribution < -0.4 is 0 Å². The topological polar surface area (TPSA) is 237 Å². The summed E-state index contributed by atoms with van der Waals surface area (Å²) < 4.78 is 68.5. The summed E-state index contributed by atoms with van der Waals surface area (Å²) in [6.45, 7) is 14.2. The van der Waals surface area contributed by atoms with E-state index in [2.05, 4.69) is 55.4 Å². The SMILES string of the molecule is CC(C)CCCCCCCCCCCCCCCC(=O)OC[C@H](COP(=O)(O)OCC(O)COP(=O)(O)OC[C@@H](COC(=O)CCCCCCCCCC(C)C)OC(=O)CCCCCCCCCCCCC(C)C)OC(=O)CCCCCCCCCCCCCCC(C)C. The van der Waals surface area contributed by atoms with Gasteiger partial charge in [-0.2, -0.15) is 0 Å². The molecule has 3 unspecified atom stereocenters. The van der Waals surface area contributed by atoms with E-state index in [9.17, 15) is 43.2 Å². The first kappa shape index (κ1) is 92.1. The molecule has 0 radical (unpaired) electrons. The zero-order valence-electron chi connectivity index (χ0n) is 61.6. The van der Waals surface area contributed by atoms with Crippen LogP contribution in [0.15, 0.2) is 0 Å². The van der Waals surface area contributed by atoms with Crippen LogP contribution >= 0.6 is 15.6 Å². The molecule has 0 spiro atoms. The van der Waals surface area contributed by atoms with Gasteiger partial charge in [0.25, 0.3) is 0 Å². The Kier molecular flexibility index (Phi) is 63.1. The minimum Gasteiger partial charge on any atom is -0.462 e. The van der Waals surface area contributed by atoms with E-state index in [4.69, 9.17) is 37.0 Å². The van der Waals surface area contributed by atoms with E-state index in [1.165, 1.54) is 173 Å².